The maximum atomic E-state index is 12.5. The summed E-state index contributed by atoms with van der Waals surface area (Å²) in [6.07, 6.45) is 0.320. The fraction of sp³-hybridized carbons (Fsp3) is 0.500. The second-order valence-electron chi connectivity index (χ2n) is 4.67. The number of benzene rings is 1. The zero-order valence-corrected chi connectivity index (χ0v) is 15.7. The Kier molecular flexibility index (Phi) is 6.61. The van der Waals surface area contributed by atoms with Gasteiger partial charge < -0.3 is 9.42 Å². The van der Waals surface area contributed by atoms with Gasteiger partial charge in [-0.15, -0.1) is 33.2 Å². The Balaban J connectivity index is 3.23. The van der Waals surface area contributed by atoms with Gasteiger partial charge in [-0.25, -0.2) is 0 Å². The van der Waals surface area contributed by atoms with Gasteiger partial charge in [0, 0.05) is 5.54 Å². The van der Waals surface area contributed by atoms with Gasteiger partial charge in [0.05, 0.1) is 11.4 Å². The van der Waals surface area contributed by atoms with E-state index in [0.29, 0.717) is 12.0 Å². The lowest BCUT2D eigenvalue weighted by atomic mass is 10.2. The molecule has 1 aromatic rings. The van der Waals surface area contributed by atoms with E-state index in [1.165, 1.54) is 0 Å². The van der Waals surface area contributed by atoms with E-state index in [1.54, 1.807) is 38.1 Å². The highest BCUT2D eigenvalue weighted by molar-refractivity contribution is 7.65. The molecule has 0 radical (unpaired) electrons. The Bertz CT molecular complexity index is 507. The molecule has 0 saturated carbocycles. The molecule has 0 aliphatic carbocycles. The van der Waals surface area contributed by atoms with Gasteiger partial charge in [0.1, 0.15) is 0 Å². The third-order valence-electron chi connectivity index (χ3n) is 3.10. The molecule has 1 rings (SSSR count). The van der Waals surface area contributed by atoms with Gasteiger partial charge in [-0.2, -0.15) is 0 Å². The minimum absolute atomic E-state index is 0.214. The number of halogens is 3. The van der Waals surface area contributed by atoms with E-state index in [9.17, 15) is 9.46 Å². The predicted octanol–water partition coefficient (Wildman–Crippen LogP) is 4.61. The molecule has 8 heteroatoms. The van der Waals surface area contributed by atoms with Crippen LogP contribution in [0.4, 0.5) is 0 Å². The van der Waals surface area contributed by atoms with Crippen LogP contribution in [0.25, 0.3) is 0 Å². The number of hydrogen-bond donors (Lipinski definition) is 1. The van der Waals surface area contributed by atoms with Crippen molar-refractivity contribution in [2.24, 2.45) is 0 Å². The molecule has 0 aliphatic heterocycles. The van der Waals surface area contributed by atoms with Gasteiger partial charge in [-0.1, -0.05) is 32.0 Å². The molecule has 3 nitrogen and oxygen atoms in total. The van der Waals surface area contributed by atoms with Crippen LogP contribution in [0.3, 0.4) is 0 Å². The lowest BCUT2D eigenvalue weighted by Crippen LogP contribution is -2.27. The molecule has 0 heterocycles. The molecule has 0 fully saturated rings. The highest BCUT2D eigenvalue weighted by atomic mass is 35.8. The van der Waals surface area contributed by atoms with Crippen molar-refractivity contribution in [1.82, 2.24) is 0 Å². The molecule has 3 atom stereocenters. The molecule has 0 aliphatic rings. The second-order valence-corrected chi connectivity index (χ2v) is 15.5. The van der Waals surface area contributed by atoms with Crippen LogP contribution >= 0.6 is 40.8 Å². The minimum Gasteiger partial charge on any atom is -0.321 e. The second kappa shape index (κ2) is 7.15. The molecule has 3 unspecified atom stereocenters. The third-order valence-corrected chi connectivity index (χ3v) is 9.00. The molecular formula is C12H18Cl3O3PSi. The molecular weight excluding hydrogens is 358 g/mol. The first kappa shape index (κ1) is 18.5. The Hall–Kier alpha value is 0.457. The summed E-state index contributed by atoms with van der Waals surface area (Å²) >= 11 is 18.1. The maximum Gasteiger partial charge on any atom is 0.359 e. The fourth-order valence-electron chi connectivity index (χ4n) is 1.66. The molecule has 20 heavy (non-hydrogen) atoms. The summed E-state index contributed by atoms with van der Waals surface area (Å²) in [6, 6.07) is 3.66. The topological polar surface area (TPSA) is 46.5 Å². The van der Waals surface area contributed by atoms with Crippen molar-refractivity contribution in [2.75, 3.05) is 0 Å². The Morgan fingerprint density at radius 2 is 1.85 bits per heavy atom. The summed E-state index contributed by atoms with van der Waals surface area (Å²) in [5, 5.41) is 0.214. The molecule has 0 spiro atoms. The van der Waals surface area contributed by atoms with Crippen LogP contribution in [0.5, 0.6) is 0 Å². The first-order valence-electron chi connectivity index (χ1n) is 6.27. The van der Waals surface area contributed by atoms with Gasteiger partial charge in [-0.05, 0) is 25.0 Å². The summed E-state index contributed by atoms with van der Waals surface area (Å²) in [6.45, 7) is 5.38. The minimum atomic E-state index is -3.93. The van der Waals surface area contributed by atoms with Crippen LogP contribution in [0.15, 0.2) is 24.3 Å². The van der Waals surface area contributed by atoms with Gasteiger partial charge in [0.25, 0.3) is 0 Å². The standard InChI is InChI=1S/C12H18Cl3O3PSi/c1-4-9(2)18-19(16,17)12-8-6-5-7-11(12)10(3)20(13,14)15/h5-10H,4H2,1-3H3,(H,16,17). The maximum absolute atomic E-state index is 12.5. The van der Waals surface area contributed by atoms with E-state index in [2.05, 4.69) is 0 Å². The first-order chi connectivity index (χ1) is 9.09. The zero-order valence-electron chi connectivity index (χ0n) is 11.5. The van der Waals surface area contributed by atoms with Crippen molar-refractivity contribution < 1.29 is 14.0 Å². The van der Waals surface area contributed by atoms with Crippen LogP contribution < -0.4 is 5.30 Å². The van der Waals surface area contributed by atoms with E-state index in [1.807, 2.05) is 6.92 Å². The van der Waals surface area contributed by atoms with Gasteiger partial charge >= 0.3 is 13.6 Å². The Morgan fingerprint density at radius 3 is 2.35 bits per heavy atom. The van der Waals surface area contributed by atoms with Crippen molar-refractivity contribution in [2.45, 2.75) is 38.8 Å². The summed E-state index contributed by atoms with van der Waals surface area (Å²) in [7, 11) is -3.93. The lowest BCUT2D eigenvalue weighted by molar-refractivity contribution is 0.192. The largest absolute Gasteiger partial charge is 0.359 e. The van der Waals surface area contributed by atoms with Crippen molar-refractivity contribution in [3.05, 3.63) is 29.8 Å². The fourth-order valence-corrected chi connectivity index (χ4v) is 5.07. The Labute approximate surface area is 134 Å². The average molecular weight is 376 g/mol. The first-order valence-corrected chi connectivity index (χ1v) is 13.0. The predicted molar refractivity (Wildman–Crippen MR) is 88.5 cm³/mol. The Morgan fingerprint density at radius 1 is 1.30 bits per heavy atom. The van der Waals surface area contributed by atoms with E-state index in [-0.39, 0.29) is 11.4 Å². The lowest BCUT2D eigenvalue weighted by Gasteiger charge is -2.24. The smallest absolute Gasteiger partial charge is 0.321 e. The van der Waals surface area contributed by atoms with Crippen molar-refractivity contribution >= 4 is 52.1 Å². The quantitative estimate of drug-likeness (QED) is 0.448. The van der Waals surface area contributed by atoms with E-state index in [0.717, 1.165) is 0 Å². The molecule has 0 bridgehead atoms. The molecule has 0 saturated heterocycles. The molecule has 0 amide bonds. The number of hydrogen-bond acceptors (Lipinski definition) is 2. The summed E-state index contributed by atoms with van der Waals surface area (Å²) in [5.74, 6) is 0. The van der Waals surface area contributed by atoms with Crippen LogP contribution in [0.1, 0.15) is 38.3 Å². The molecule has 1 N–H and O–H groups in total. The van der Waals surface area contributed by atoms with Crippen LogP contribution in [-0.2, 0) is 9.09 Å². The van der Waals surface area contributed by atoms with E-state index < -0.39 is 19.1 Å². The van der Waals surface area contributed by atoms with Gasteiger partial charge in [0.15, 0.2) is 0 Å². The van der Waals surface area contributed by atoms with Crippen LogP contribution in [-0.4, -0.2) is 17.0 Å². The average Bonchev–Trinajstić information content (AvgIpc) is 2.36. The van der Waals surface area contributed by atoms with Crippen molar-refractivity contribution in [1.29, 1.82) is 0 Å². The highest BCUT2D eigenvalue weighted by Gasteiger charge is 2.39. The highest BCUT2D eigenvalue weighted by Crippen LogP contribution is 2.46. The van der Waals surface area contributed by atoms with Crippen LogP contribution in [0, 0.1) is 0 Å². The monoisotopic (exact) mass is 374 g/mol. The zero-order chi connectivity index (χ0) is 15.6. The summed E-state index contributed by atoms with van der Waals surface area (Å²) < 4.78 is 17.7. The van der Waals surface area contributed by atoms with Gasteiger partial charge in [-0.3, -0.25) is 4.57 Å². The molecule has 1 aromatic carbocycles. The number of rotatable bonds is 6. The van der Waals surface area contributed by atoms with Gasteiger partial charge in [0.2, 0.25) is 0 Å². The normalized spacial score (nSPS) is 18.4. The van der Waals surface area contributed by atoms with Crippen LogP contribution in [0.2, 0.25) is 0 Å². The molecule has 114 valence electrons. The molecule has 0 aromatic heterocycles. The summed E-state index contributed by atoms with van der Waals surface area (Å²) in [5.41, 5.74) is 0.165. The van der Waals surface area contributed by atoms with E-state index in [4.69, 9.17) is 37.8 Å². The summed E-state index contributed by atoms with van der Waals surface area (Å²) in [4.78, 5) is 10.2. The van der Waals surface area contributed by atoms with Crippen molar-refractivity contribution in [3.63, 3.8) is 0 Å². The third kappa shape index (κ3) is 4.74. The SMILES string of the molecule is CCC(C)OP(=O)(O)c1ccccc1C(C)[Si](Cl)(Cl)Cl. The van der Waals surface area contributed by atoms with Crippen molar-refractivity contribution in [3.8, 4) is 0 Å². The van der Waals surface area contributed by atoms with E-state index >= 15 is 0 Å².